The number of aryl methyl sites for hydroxylation is 1. The highest BCUT2D eigenvalue weighted by molar-refractivity contribution is 7.09. The maximum Gasteiger partial charge on any atom is 0.274 e. The normalized spacial score (nSPS) is 12.0. The van der Waals surface area contributed by atoms with Crippen molar-refractivity contribution in [2.75, 3.05) is 0 Å². The molecule has 2 heterocycles. The van der Waals surface area contributed by atoms with E-state index >= 15 is 0 Å². The number of halogens is 2. The molecule has 3 aromatic rings. The van der Waals surface area contributed by atoms with Gasteiger partial charge in [-0.15, -0.1) is 11.3 Å². The first kappa shape index (κ1) is 18.0. The van der Waals surface area contributed by atoms with Gasteiger partial charge < -0.3 is 14.6 Å². The van der Waals surface area contributed by atoms with Crippen molar-refractivity contribution < 1.29 is 22.8 Å². The molecule has 0 radical (unpaired) electrons. The predicted octanol–water partition coefficient (Wildman–Crippen LogP) is 3.79. The molecule has 1 unspecified atom stereocenters. The minimum Gasteiger partial charge on any atom is -0.482 e. The van der Waals surface area contributed by atoms with Crippen molar-refractivity contribution >= 4 is 17.2 Å². The molecule has 1 aromatic carbocycles. The molecule has 0 saturated carbocycles. The van der Waals surface area contributed by atoms with Crippen LogP contribution >= 0.6 is 11.3 Å². The van der Waals surface area contributed by atoms with Crippen molar-refractivity contribution in [2.45, 2.75) is 26.5 Å². The number of hydrogen-bond donors (Lipinski definition) is 1. The highest BCUT2D eigenvalue weighted by atomic mass is 32.1. The van der Waals surface area contributed by atoms with Crippen molar-refractivity contribution in [2.24, 2.45) is 0 Å². The first-order valence-electron chi connectivity index (χ1n) is 7.68. The zero-order chi connectivity index (χ0) is 18.7. The standard InChI is InChI=1S/C17H15F2N3O3S/c1-9(15-8-26-10(2)21-15)20-17(23)14-6-12(25-22-14)7-24-16-4-3-11(18)5-13(16)19/h3-6,8-9H,7H2,1-2H3,(H,20,23). The minimum atomic E-state index is -0.824. The maximum atomic E-state index is 13.5. The molecule has 136 valence electrons. The third-order valence-electron chi connectivity index (χ3n) is 3.48. The fourth-order valence-electron chi connectivity index (χ4n) is 2.15. The molecule has 9 heteroatoms. The number of hydrogen-bond acceptors (Lipinski definition) is 6. The number of rotatable bonds is 6. The number of amides is 1. The SMILES string of the molecule is Cc1nc(C(C)NC(=O)c2cc(COc3ccc(F)cc3F)on2)cs1. The van der Waals surface area contributed by atoms with E-state index in [2.05, 4.69) is 15.5 Å². The number of nitrogens with zero attached hydrogens (tertiary/aromatic N) is 2. The highest BCUT2D eigenvalue weighted by Crippen LogP contribution is 2.20. The van der Waals surface area contributed by atoms with Gasteiger partial charge in [0.1, 0.15) is 12.4 Å². The molecule has 1 N–H and O–H groups in total. The summed E-state index contributed by atoms with van der Waals surface area (Å²) >= 11 is 1.50. The van der Waals surface area contributed by atoms with Gasteiger partial charge in [0.05, 0.1) is 16.7 Å². The lowest BCUT2D eigenvalue weighted by molar-refractivity contribution is 0.0929. The lowest BCUT2D eigenvalue weighted by atomic mass is 10.2. The fraction of sp³-hybridized carbons (Fsp3) is 0.235. The molecule has 26 heavy (non-hydrogen) atoms. The molecule has 0 aliphatic carbocycles. The fourth-order valence-corrected chi connectivity index (χ4v) is 2.86. The average Bonchev–Trinajstić information content (AvgIpc) is 3.23. The summed E-state index contributed by atoms with van der Waals surface area (Å²) in [5, 5.41) is 9.23. The van der Waals surface area contributed by atoms with Crippen LogP contribution in [0.4, 0.5) is 8.78 Å². The lowest BCUT2D eigenvalue weighted by Crippen LogP contribution is -2.27. The van der Waals surface area contributed by atoms with E-state index in [1.54, 1.807) is 0 Å². The van der Waals surface area contributed by atoms with E-state index in [0.717, 1.165) is 22.8 Å². The van der Waals surface area contributed by atoms with Crippen LogP contribution in [-0.4, -0.2) is 16.0 Å². The van der Waals surface area contributed by atoms with Crippen molar-refractivity contribution in [3.63, 3.8) is 0 Å². The number of benzene rings is 1. The van der Waals surface area contributed by atoms with Crippen molar-refractivity contribution in [1.29, 1.82) is 0 Å². The Kier molecular flexibility index (Phi) is 5.27. The smallest absolute Gasteiger partial charge is 0.274 e. The van der Waals surface area contributed by atoms with Crippen LogP contribution < -0.4 is 10.1 Å². The van der Waals surface area contributed by atoms with Gasteiger partial charge in [-0.1, -0.05) is 5.16 Å². The van der Waals surface area contributed by atoms with E-state index in [-0.39, 0.29) is 29.9 Å². The van der Waals surface area contributed by atoms with Crippen LogP contribution in [-0.2, 0) is 6.61 Å². The number of thiazole rings is 1. The van der Waals surface area contributed by atoms with Crippen LogP contribution in [0.15, 0.2) is 34.2 Å². The first-order chi connectivity index (χ1) is 12.4. The molecule has 0 saturated heterocycles. The zero-order valence-electron chi connectivity index (χ0n) is 14.0. The van der Waals surface area contributed by atoms with Gasteiger partial charge >= 0.3 is 0 Å². The maximum absolute atomic E-state index is 13.5. The van der Waals surface area contributed by atoms with E-state index < -0.39 is 17.5 Å². The Labute approximate surface area is 151 Å². The van der Waals surface area contributed by atoms with Gasteiger partial charge in [-0.05, 0) is 26.0 Å². The van der Waals surface area contributed by atoms with Gasteiger partial charge in [-0.25, -0.2) is 13.8 Å². The van der Waals surface area contributed by atoms with Gasteiger partial charge in [0, 0.05) is 17.5 Å². The molecule has 6 nitrogen and oxygen atoms in total. The Morgan fingerprint density at radius 1 is 1.38 bits per heavy atom. The van der Waals surface area contributed by atoms with Crippen LogP contribution in [0.5, 0.6) is 5.75 Å². The average molecular weight is 379 g/mol. The monoisotopic (exact) mass is 379 g/mol. The Hall–Kier alpha value is -2.81. The number of aromatic nitrogens is 2. The summed E-state index contributed by atoms with van der Waals surface area (Å²) in [5.74, 6) is -1.84. The Morgan fingerprint density at radius 3 is 2.88 bits per heavy atom. The Morgan fingerprint density at radius 2 is 2.19 bits per heavy atom. The quantitative estimate of drug-likeness (QED) is 0.705. The minimum absolute atomic E-state index is 0.0713. The summed E-state index contributed by atoms with van der Waals surface area (Å²) in [6.45, 7) is 3.55. The summed E-state index contributed by atoms with van der Waals surface area (Å²) < 4.78 is 36.6. The second-order valence-electron chi connectivity index (χ2n) is 5.53. The summed E-state index contributed by atoms with van der Waals surface area (Å²) in [6.07, 6.45) is 0. The lowest BCUT2D eigenvalue weighted by Gasteiger charge is -2.09. The molecular formula is C17H15F2N3O3S. The van der Waals surface area contributed by atoms with Crippen molar-refractivity contribution in [1.82, 2.24) is 15.5 Å². The van der Waals surface area contributed by atoms with Crippen LogP contribution in [0.2, 0.25) is 0 Å². The van der Waals surface area contributed by atoms with E-state index in [4.69, 9.17) is 9.26 Å². The van der Waals surface area contributed by atoms with Crippen LogP contribution in [0.25, 0.3) is 0 Å². The largest absolute Gasteiger partial charge is 0.482 e. The molecule has 0 bridgehead atoms. The zero-order valence-corrected chi connectivity index (χ0v) is 14.8. The van der Waals surface area contributed by atoms with E-state index in [1.165, 1.54) is 23.5 Å². The molecule has 0 spiro atoms. The topological polar surface area (TPSA) is 77.2 Å². The molecule has 3 rings (SSSR count). The first-order valence-corrected chi connectivity index (χ1v) is 8.56. The summed E-state index contributed by atoms with van der Waals surface area (Å²) in [4.78, 5) is 16.5. The molecule has 2 aromatic heterocycles. The second-order valence-corrected chi connectivity index (χ2v) is 6.59. The van der Waals surface area contributed by atoms with Crippen LogP contribution in [0, 0.1) is 18.6 Å². The van der Waals surface area contributed by atoms with E-state index in [9.17, 15) is 13.6 Å². The van der Waals surface area contributed by atoms with E-state index in [0.29, 0.717) is 0 Å². The van der Waals surface area contributed by atoms with Gasteiger partial charge in [0.25, 0.3) is 5.91 Å². The molecule has 1 amide bonds. The summed E-state index contributed by atoms with van der Waals surface area (Å²) in [5.41, 5.74) is 0.835. The Bertz CT molecular complexity index is 926. The third-order valence-corrected chi connectivity index (χ3v) is 4.28. The summed E-state index contributed by atoms with van der Waals surface area (Å²) in [7, 11) is 0. The summed E-state index contributed by atoms with van der Waals surface area (Å²) in [6, 6.07) is 4.09. The number of carbonyl (C=O) groups excluding carboxylic acids is 1. The molecule has 1 atom stereocenters. The third kappa shape index (κ3) is 4.23. The van der Waals surface area contributed by atoms with Gasteiger partial charge in [-0.3, -0.25) is 4.79 Å². The molecule has 0 aliphatic rings. The van der Waals surface area contributed by atoms with Crippen LogP contribution in [0.3, 0.4) is 0 Å². The predicted molar refractivity (Wildman–Crippen MR) is 89.9 cm³/mol. The second kappa shape index (κ2) is 7.61. The van der Waals surface area contributed by atoms with Crippen molar-refractivity contribution in [3.05, 3.63) is 63.4 Å². The van der Waals surface area contributed by atoms with Gasteiger partial charge in [0.2, 0.25) is 0 Å². The van der Waals surface area contributed by atoms with Crippen LogP contribution in [0.1, 0.15) is 39.9 Å². The molecule has 0 fully saturated rings. The molecular weight excluding hydrogens is 364 g/mol. The van der Waals surface area contributed by atoms with Gasteiger partial charge in [-0.2, -0.15) is 0 Å². The number of ether oxygens (including phenoxy) is 1. The Balaban J connectivity index is 1.59. The highest BCUT2D eigenvalue weighted by Gasteiger charge is 2.18. The number of carbonyl (C=O) groups is 1. The van der Waals surface area contributed by atoms with E-state index in [1.807, 2.05) is 19.2 Å². The van der Waals surface area contributed by atoms with Gasteiger partial charge in [0.15, 0.2) is 23.0 Å². The van der Waals surface area contributed by atoms with Crippen molar-refractivity contribution in [3.8, 4) is 5.75 Å². The number of nitrogens with one attached hydrogen (secondary N) is 1. The molecule has 0 aliphatic heterocycles.